The van der Waals surface area contributed by atoms with Crippen LogP contribution >= 0.6 is 0 Å². The number of hydrogen-bond donors (Lipinski definition) is 1. The molecule has 1 aliphatic heterocycles. The lowest BCUT2D eigenvalue weighted by Gasteiger charge is -2.25. The molecule has 1 spiro atoms. The summed E-state index contributed by atoms with van der Waals surface area (Å²) in [5, 5.41) is 1.69. The highest BCUT2D eigenvalue weighted by molar-refractivity contribution is 5.09. The second-order valence-corrected chi connectivity index (χ2v) is 3.35. The van der Waals surface area contributed by atoms with Gasteiger partial charge in [-0.15, -0.1) is 0 Å². The first kappa shape index (κ1) is 7.13. The minimum Gasteiger partial charge on any atom is -0.373 e. The Morgan fingerprint density at radius 3 is 2.91 bits per heavy atom. The van der Waals surface area contributed by atoms with E-state index in [1.165, 1.54) is 12.8 Å². The maximum atomic E-state index is 5.73. The van der Waals surface area contributed by atoms with Crippen molar-refractivity contribution in [1.29, 1.82) is 0 Å². The molecule has 0 aromatic heterocycles. The second kappa shape index (κ2) is 2.22. The molecule has 3 nitrogen and oxygen atoms in total. The first-order valence-corrected chi connectivity index (χ1v) is 4.08. The van der Waals surface area contributed by atoms with Crippen molar-refractivity contribution in [2.45, 2.75) is 30.9 Å². The van der Waals surface area contributed by atoms with Gasteiger partial charge in [-0.3, -0.25) is 0 Å². The van der Waals surface area contributed by atoms with E-state index < -0.39 is 0 Å². The van der Waals surface area contributed by atoms with Crippen LogP contribution in [0.15, 0.2) is 12.8 Å². The predicted molar refractivity (Wildman–Crippen MR) is 42.5 cm³/mol. The average Bonchev–Trinajstić information content (AvgIpc) is 2.63. The van der Waals surface area contributed by atoms with Crippen molar-refractivity contribution in [2.75, 3.05) is 6.61 Å². The summed E-state index contributed by atoms with van der Waals surface area (Å²) in [6, 6.07) is 0.375. The van der Waals surface area contributed by atoms with E-state index in [-0.39, 0.29) is 5.60 Å². The summed E-state index contributed by atoms with van der Waals surface area (Å²) in [6.45, 7) is 4.50. The highest BCUT2D eigenvalue weighted by atomic mass is 16.5. The third kappa shape index (κ3) is 0.957. The van der Waals surface area contributed by atoms with Gasteiger partial charge in [-0.05, 0) is 19.3 Å². The maximum Gasteiger partial charge on any atom is 0.0903 e. The SMILES string of the molecule is C=CN(N)C1CCOC12CC2. The third-order valence-corrected chi connectivity index (χ3v) is 2.70. The number of nitrogens with two attached hydrogens (primary N) is 1. The van der Waals surface area contributed by atoms with E-state index >= 15 is 0 Å². The topological polar surface area (TPSA) is 38.5 Å². The van der Waals surface area contributed by atoms with E-state index in [1.54, 1.807) is 11.2 Å². The third-order valence-electron chi connectivity index (χ3n) is 2.70. The molecule has 1 atom stereocenters. The van der Waals surface area contributed by atoms with Crippen LogP contribution in [0.3, 0.4) is 0 Å². The van der Waals surface area contributed by atoms with Crippen molar-refractivity contribution in [3.05, 3.63) is 12.8 Å². The van der Waals surface area contributed by atoms with Gasteiger partial charge >= 0.3 is 0 Å². The van der Waals surface area contributed by atoms with E-state index in [0.29, 0.717) is 6.04 Å². The maximum absolute atomic E-state index is 5.73. The zero-order chi connectivity index (χ0) is 7.90. The van der Waals surface area contributed by atoms with Crippen molar-refractivity contribution in [3.63, 3.8) is 0 Å². The van der Waals surface area contributed by atoms with Crippen molar-refractivity contribution in [1.82, 2.24) is 5.01 Å². The smallest absolute Gasteiger partial charge is 0.0903 e. The summed E-state index contributed by atoms with van der Waals surface area (Å²) >= 11 is 0. The van der Waals surface area contributed by atoms with Gasteiger partial charge in [-0.1, -0.05) is 6.58 Å². The van der Waals surface area contributed by atoms with Crippen molar-refractivity contribution in [3.8, 4) is 0 Å². The lowest BCUT2D eigenvalue weighted by molar-refractivity contribution is 0.0542. The standard InChI is InChI=1S/C8H14N2O/c1-2-10(9)7-3-6-11-8(7)4-5-8/h2,7H,1,3-6,9H2. The van der Waals surface area contributed by atoms with E-state index in [4.69, 9.17) is 10.6 Å². The molecule has 2 rings (SSSR count). The van der Waals surface area contributed by atoms with Crippen LogP contribution in [0.4, 0.5) is 0 Å². The molecule has 0 bridgehead atoms. The van der Waals surface area contributed by atoms with Gasteiger partial charge in [0.05, 0.1) is 11.6 Å². The van der Waals surface area contributed by atoms with E-state index in [0.717, 1.165) is 13.0 Å². The molecule has 1 saturated carbocycles. The molecular formula is C8H14N2O. The molecule has 1 heterocycles. The average molecular weight is 154 g/mol. The monoisotopic (exact) mass is 154 g/mol. The number of rotatable bonds is 2. The molecule has 1 aliphatic carbocycles. The van der Waals surface area contributed by atoms with Gasteiger partial charge < -0.3 is 9.75 Å². The summed E-state index contributed by atoms with van der Waals surface area (Å²) in [4.78, 5) is 0. The van der Waals surface area contributed by atoms with E-state index in [9.17, 15) is 0 Å². The minimum atomic E-state index is 0.114. The van der Waals surface area contributed by atoms with Crippen molar-refractivity contribution >= 4 is 0 Å². The van der Waals surface area contributed by atoms with Gasteiger partial charge in [0.2, 0.25) is 0 Å². The zero-order valence-electron chi connectivity index (χ0n) is 6.62. The molecule has 0 aromatic carbocycles. The molecule has 3 heteroatoms. The normalized spacial score (nSPS) is 32.3. The highest BCUT2D eigenvalue weighted by Crippen LogP contribution is 2.48. The molecule has 2 N–H and O–H groups in total. The summed E-state index contributed by atoms with van der Waals surface area (Å²) in [5.74, 6) is 5.73. The zero-order valence-corrected chi connectivity index (χ0v) is 6.62. The van der Waals surface area contributed by atoms with E-state index in [2.05, 4.69) is 6.58 Å². The van der Waals surface area contributed by atoms with Crippen molar-refractivity contribution in [2.24, 2.45) is 5.84 Å². The lowest BCUT2D eigenvalue weighted by Crippen LogP contribution is -2.43. The number of nitrogens with zero attached hydrogens (tertiary/aromatic N) is 1. The fourth-order valence-corrected chi connectivity index (χ4v) is 1.88. The Labute approximate surface area is 66.8 Å². The molecule has 0 radical (unpaired) electrons. The van der Waals surface area contributed by atoms with Crippen LogP contribution < -0.4 is 5.84 Å². The predicted octanol–water partition coefficient (Wildman–Crippen LogP) is 0.627. The van der Waals surface area contributed by atoms with Crippen LogP contribution in [0.2, 0.25) is 0 Å². The molecule has 0 amide bonds. The van der Waals surface area contributed by atoms with Crippen LogP contribution in [0.5, 0.6) is 0 Å². The molecule has 0 aromatic rings. The Bertz CT molecular complexity index is 177. The first-order chi connectivity index (χ1) is 5.28. The fourth-order valence-electron chi connectivity index (χ4n) is 1.88. The highest BCUT2D eigenvalue weighted by Gasteiger charge is 2.55. The number of hydrogen-bond acceptors (Lipinski definition) is 3. The molecule has 11 heavy (non-hydrogen) atoms. The lowest BCUT2D eigenvalue weighted by atomic mass is 10.1. The molecular weight excluding hydrogens is 140 g/mol. The minimum absolute atomic E-state index is 0.114. The molecule has 1 saturated heterocycles. The molecule has 2 aliphatic rings. The number of hydrazine groups is 1. The molecule has 2 fully saturated rings. The van der Waals surface area contributed by atoms with Crippen LogP contribution in [0.25, 0.3) is 0 Å². The molecule has 62 valence electrons. The summed E-state index contributed by atoms with van der Waals surface area (Å²) < 4.78 is 5.62. The van der Waals surface area contributed by atoms with Crippen LogP contribution in [0, 0.1) is 0 Å². The van der Waals surface area contributed by atoms with Crippen LogP contribution in [-0.2, 0) is 4.74 Å². The Balaban J connectivity index is 2.07. The Morgan fingerprint density at radius 2 is 2.36 bits per heavy atom. The Kier molecular flexibility index (Phi) is 1.44. The van der Waals surface area contributed by atoms with Gasteiger partial charge in [-0.25, -0.2) is 5.84 Å². The van der Waals surface area contributed by atoms with Gasteiger partial charge in [0.15, 0.2) is 0 Å². The summed E-state index contributed by atoms with van der Waals surface area (Å²) in [6.07, 6.45) is 5.06. The van der Waals surface area contributed by atoms with Gasteiger partial charge in [0, 0.05) is 12.8 Å². The van der Waals surface area contributed by atoms with Crippen molar-refractivity contribution < 1.29 is 4.74 Å². The fraction of sp³-hybridized carbons (Fsp3) is 0.750. The van der Waals surface area contributed by atoms with Gasteiger partial charge in [0.1, 0.15) is 0 Å². The van der Waals surface area contributed by atoms with Gasteiger partial charge in [-0.2, -0.15) is 0 Å². The van der Waals surface area contributed by atoms with Crippen LogP contribution in [-0.4, -0.2) is 23.3 Å². The van der Waals surface area contributed by atoms with Gasteiger partial charge in [0.25, 0.3) is 0 Å². The van der Waals surface area contributed by atoms with Crippen LogP contribution in [0.1, 0.15) is 19.3 Å². The Morgan fingerprint density at radius 1 is 1.64 bits per heavy atom. The second-order valence-electron chi connectivity index (χ2n) is 3.35. The summed E-state index contributed by atoms with van der Waals surface area (Å²) in [7, 11) is 0. The first-order valence-electron chi connectivity index (χ1n) is 4.08. The molecule has 1 unspecified atom stereocenters. The summed E-state index contributed by atoms with van der Waals surface area (Å²) in [5.41, 5.74) is 0.114. The van der Waals surface area contributed by atoms with E-state index in [1.807, 2.05) is 0 Å². The largest absolute Gasteiger partial charge is 0.373 e. The Hall–Kier alpha value is -0.540. The number of ether oxygens (including phenoxy) is 1. The quantitative estimate of drug-likeness (QED) is 0.468.